The van der Waals surface area contributed by atoms with Crippen LogP contribution >= 0.6 is 0 Å². The quantitative estimate of drug-likeness (QED) is 0.879. The molecule has 2 aromatic carbocycles. The number of benzene rings is 2. The molecular formula is C18H20FNO2. The van der Waals surface area contributed by atoms with Gasteiger partial charge in [0.2, 0.25) is 0 Å². The number of fused-ring (bicyclic) bond motifs is 3. The Bertz CT molecular complexity index is 703. The second kappa shape index (κ2) is 5.01. The molecule has 116 valence electrons. The first-order chi connectivity index (χ1) is 10.6. The van der Waals surface area contributed by atoms with Crippen molar-refractivity contribution >= 4 is 10.8 Å². The molecule has 2 heterocycles. The number of halogens is 1. The number of aliphatic hydroxyl groups is 1. The number of nitrogens with zero attached hydrogens (tertiary/aromatic N) is 1. The van der Waals surface area contributed by atoms with Gasteiger partial charge in [-0.25, -0.2) is 4.39 Å². The fraction of sp³-hybridized carbons (Fsp3) is 0.444. The highest BCUT2D eigenvalue weighted by Gasteiger charge is 2.46. The Balaban J connectivity index is 1.83. The number of morpholine rings is 1. The average Bonchev–Trinajstić information content (AvgIpc) is 2.50. The molecule has 0 saturated carbocycles. The summed E-state index contributed by atoms with van der Waals surface area (Å²) in [7, 11) is 2.10. The summed E-state index contributed by atoms with van der Waals surface area (Å²) in [4.78, 5) is 2.31. The van der Waals surface area contributed by atoms with Gasteiger partial charge < -0.3 is 9.84 Å². The van der Waals surface area contributed by atoms with Crippen molar-refractivity contribution in [1.82, 2.24) is 4.90 Å². The predicted molar refractivity (Wildman–Crippen MR) is 83.2 cm³/mol. The molecule has 2 aromatic rings. The molecule has 2 aliphatic heterocycles. The smallest absolute Gasteiger partial charge is 0.131 e. The van der Waals surface area contributed by atoms with Crippen molar-refractivity contribution in [3.8, 4) is 0 Å². The van der Waals surface area contributed by atoms with Gasteiger partial charge in [0.05, 0.1) is 18.8 Å². The van der Waals surface area contributed by atoms with Gasteiger partial charge in [0, 0.05) is 17.5 Å². The minimum atomic E-state index is -0.918. The van der Waals surface area contributed by atoms with Crippen molar-refractivity contribution in [2.75, 3.05) is 20.3 Å². The molecular weight excluding hydrogens is 281 g/mol. The van der Waals surface area contributed by atoms with Gasteiger partial charge in [-0.1, -0.05) is 30.3 Å². The minimum Gasteiger partial charge on any atom is -0.385 e. The van der Waals surface area contributed by atoms with Crippen molar-refractivity contribution in [2.24, 2.45) is 0 Å². The highest BCUT2D eigenvalue weighted by Crippen LogP contribution is 2.42. The van der Waals surface area contributed by atoms with E-state index < -0.39 is 5.60 Å². The average molecular weight is 301 g/mol. The third-order valence-corrected chi connectivity index (χ3v) is 5.29. The highest BCUT2D eigenvalue weighted by molar-refractivity contribution is 5.87. The van der Waals surface area contributed by atoms with Crippen LogP contribution in [-0.4, -0.2) is 42.4 Å². The molecule has 2 bridgehead atoms. The Kier molecular flexibility index (Phi) is 3.22. The summed E-state index contributed by atoms with van der Waals surface area (Å²) in [5, 5.41) is 12.7. The molecule has 2 fully saturated rings. The molecule has 0 radical (unpaired) electrons. The van der Waals surface area contributed by atoms with E-state index in [0.29, 0.717) is 31.4 Å². The first-order valence-corrected chi connectivity index (χ1v) is 7.78. The van der Waals surface area contributed by atoms with Gasteiger partial charge in [0.25, 0.3) is 0 Å². The molecule has 2 aliphatic rings. The summed E-state index contributed by atoms with van der Waals surface area (Å²) in [6, 6.07) is 11.0. The largest absolute Gasteiger partial charge is 0.385 e. The van der Waals surface area contributed by atoms with E-state index in [4.69, 9.17) is 4.74 Å². The van der Waals surface area contributed by atoms with Gasteiger partial charge >= 0.3 is 0 Å². The van der Waals surface area contributed by atoms with Gasteiger partial charge in [0.15, 0.2) is 0 Å². The zero-order chi connectivity index (χ0) is 15.3. The maximum absolute atomic E-state index is 14.0. The van der Waals surface area contributed by atoms with E-state index in [-0.39, 0.29) is 17.9 Å². The van der Waals surface area contributed by atoms with Crippen LogP contribution in [0.2, 0.25) is 0 Å². The second-order valence-electron chi connectivity index (χ2n) is 6.59. The van der Waals surface area contributed by atoms with Crippen LogP contribution < -0.4 is 0 Å². The van der Waals surface area contributed by atoms with E-state index in [1.165, 1.54) is 6.07 Å². The third kappa shape index (κ3) is 2.06. The predicted octanol–water partition coefficient (Wildman–Crippen LogP) is 2.66. The van der Waals surface area contributed by atoms with Crippen LogP contribution in [0.15, 0.2) is 36.4 Å². The summed E-state index contributed by atoms with van der Waals surface area (Å²) in [5.41, 5.74) is -0.0756. The lowest BCUT2D eigenvalue weighted by molar-refractivity contribution is -0.137. The molecule has 22 heavy (non-hydrogen) atoms. The van der Waals surface area contributed by atoms with Crippen molar-refractivity contribution < 1.29 is 14.2 Å². The number of hydrogen-bond donors (Lipinski definition) is 1. The van der Waals surface area contributed by atoms with Crippen molar-refractivity contribution in [2.45, 2.75) is 30.5 Å². The van der Waals surface area contributed by atoms with Crippen molar-refractivity contribution in [3.05, 3.63) is 47.8 Å². The normalized spacial score (nSPS) is 32.3. The van der Waals surface area contributed by atoms with Crippen LogP contribution in [0.3, 0.4) is 0 Å². The number of ether oxygens (including phenoxy) is 1. The molecule has 2 unspecified atom stereocenters. The number of likely N-dealkylation sites (N-methyl/N-ethyl adjacent to an activating group) is 1. The Hall–Kier alpha value is -1.49. The molecule has 4 heteroatoms. The maximum atomic E-state index is 14.0. The van der Waals surface area contributed by atoms with Gasteiger partial charge in [-0.15, -0.1) is 0 Å². The van der Waals surface area contributed by atoms with Crippen LogP contribution in [0.25, 0.3) is 10.8 Å². The lowest BCUT2D eigenvalue weighted by Gasteiger charge is -2.50. The monoisotopic (exact) mass is 301 g/mol. The number of rotatable bonds is 1. The fourth-order valence-electron chi connectivity index (χ4n) is 4.03. The summed E-state index contributed by atoms with van der Waals surface area (Å²) < 4.78 is 19.7. The highest BCUT2D eigenvalue weighted by atomic mass is 19.1. The Labute approximate surface area is 129 Å². The number of piperidine rings is 1. The van der Waals surface area contributed by atoms with Gasteiger partial charge in [0.1, 0.15) is 5.82 Å². The molecule has 3 nitrogen and oxygen atoms in total. The van der Waals surface area contributed by atoms with Crippen LogP contribution in [0, 0.1) is 5.82 Å². The van der Waals surface area contributed by atoms with Crippen molar-refractivity contribution in [3.63, 3.8) is 0 Å². The van der Waals surface area contributed by atoms with E-state index in [1.807, 2.05) is 18.2 Å². The Morgan fingerprint density at radius 1 is 1.09 bits per heavy atom. The van der Waals surface area contributed by atoms with Gasteiger partial charge in [-0.2, -0.15) is 0 Å². The maximum Gasteiger partial charge on any atom is 0.131 e. The zero-order valence-corrected chi connectivity index (χ0v) is 12.6. The molecule has 0 aromatic heterocycles. The molecule has 2 atom stereocenters. The molecule has 2 saturated heterocycles. The minimum absolute atomic E-state index is 0.210. The topological polar surface area (TPSA) is 32.7 Å². The molecule has 0 spiro atoms. The van der Waals surface area contributed by atoms with E-state index >= 15 is 0 Å². The molecule has 0 amide bonds. The first-order valence-electron chi connectivity index (χ1n) is 7.78. The van der Waals surface area contributed by atoms with E-state index in [9.17, 15) is 9.50 Å². The molecule has 1 N–H and O–H groups in total. The van der Waals surface area contributed by atoms with Gasteiger partial charge in [-0.05, 0) is 36.9 Å². The van der Waals surface area contributed by atoms with E-state index in [0.717, 1.165) is 10.9 Å². The summed E-state index contributed by atoms with van der Waals surface area (Å²) in [5.74, 6) is -0.237. The third-order valence-electron chi connectivity index (χ3n) is 5.29. The van der Waals surface area contributed by atoms with Crippen LogP contribution in [0.5, 0.6) is 0 Å². The van der Waals surface area contributed by atoms with Crippen LogP contribution in [0.4, 0.5) is 4.39 Å². The van der Waals surface area contributed by atoms with Gasteiger partial charge in [-0.3, -0.25) is 4.90 Å². The summed E-state index contributed by atoms with van der Waals surface area (Å²) in [6.45, 7) is 1.29. The SMILES string of the molecule is CN1C2COCC1CC(O)(c1ccc(F)c3ccccc13)C2. The van der Waals surface area contributed by atoms with E-state index in [2.05, 4.69) is 11.9 Å². The second-order valence-corrected chi connectivity index (χ2v) is 6.59. The molecule has 0 aliphatic carbocycles. The fourth-order valence-corrected chi connectivity index (χ4v) is 4.03. The Morgan fingerprint density at radius 2 is 1.73 bits per heavy atom. The standard InChI is InChI=1S/C18H20FNO2/c1-20-12-8-18(21,9-13(20)11-22-10-12)16-6-7-17(19)15-5-3-2-4-14(15)16/h2-7,12-13,21H,8-11H2,1H3. The Morgan fingerprint density at radius 3 is 2.41 bits per heavy atom. The van der Waals surface area contributed by atoms with Crippen LogP contribution in [0.1, 0.15) is 18.4 Å². The summed E-state index contributed by atoms with van der Waals surface area (Å²) >= 11 is 0. The zero-order valence-electron chi connectivity index (χ0n) is 12.6. The van der Waals surface area contributed by atoms with Crippen molar-refractivity contribution in [1.29, 1.82) is 0 Å². The van der Waals surface area contributed by atoms with Crippen LogP contribution in [-0.2, 0) is 10.3 Å². The number of hydrogen-bond acceptors (Lipinski definition) is 3. The molecule has 4 rings (SSSR count). The van der Waals surface area contributed by atoms with E-state index in [1.54, 1.807) is 12.1 Å². The lowest BCUT2D eigenvalue weighted by atomic mass is 9.75. The lowest BCUT2D eigenvalue weighted by Crippen LogP contribution is -2.59. The first kappa shape index (κ1) is 14.1. The summed E-state index contributed by atoms with van der Waals surface area (Å²) in [6.07, 6.45) is 1.24.